The zero-order chi connectivity index (χ0) is 15.4. The fourth-order valence-corrected chi connectivity index (χ4v) is 2.68. The Morgan fingerprint density at radius 1 is 1.19 bits per heavy atom. The van der Waals surface area contributed by atoms with Crippen LogP contribution in [0, 0.1) is 5.82 Å². The lowest BCUT2D eigenvalue weighted by molar-refractivity contribution is -0.117. The van der Waals surface area contributed by atoms with Crippen molar-refractivity contribution in [3.8, 4) is 5.75 Å². The molecule has 0 aliphatic heterocycles. The maximum absolute atomic E-state index is 13.0. The summed E-state index contributed by atoms with van der Waals surface area (Å²) < 4.78 is 19.1. The molecule has 0 aromatic heterocycles. The maximum Gasteiger partial charge on any atom is 0.141 e. The topological polar surface area (TPSA) is 26.3 Å². The van der Waals surface area contributed by atoms with Crippen LogP contribution in [0.2, 0.25) is 5.02 Å². The van der Waals surface area contributed by atoms with E-state index in [9.17, 15) is 9.18 Å². The Morgan fingerprint density at radius 3 is 2.57 bits per heavy atom. The minimum Gasteiger partial charge on any atom is -0.496 e. The number of carbonyl (C=O) groups excluding carboxylic acids is 1. The standard InChI is InChI=1S/C16H13BrClFO2/c1-21-16-5-3-12(17)6-11(16)8-14(20)7-10-2-4-13(19)9-15(10)18/h2-6,9H,7-8H2,1H3. The van der Waals surface area contributed by atoms with E-state index in [2.05, 4.69) is 15.9 Å². The molecule has 0 saturated carbocycles. The molecule has 0 bridgehead atoms. The van der Waals surface area contributed by atoms with E-state index >= 15 is 0 Å². The van der Waals surface area contributed by atoms with Crippen molar-refractivity contribution in [1.82, 2.24) is 0 Å². The molecule has 5 heteroatoms. The molecule has 2 aromatic carbocycles. The van der Waals surface area contributed by atoms with Gasteiger partial charge in [0.15, 0.2) is 0 Å². The number of ether oxygens (including phenoxy) is 1. The highest BCUT2D eigenvalue weighted by atomic mass is 79.9. The molecule has 2 nitrogen and oxygen atoms in total. The summed E-state index contributed by atoms with van der Waals surface area (Å²) in [6.45, 7) is 0. The number of halogens is 3. The Kier molecular flexibility index (Phi) is 5.37. The van der Waals surface area contributed by atoms with E-state index in [1.165, 1.54) is 18.2 Å². The Balaban J connectivity index is 2.13. The Labute approximate surface area is 136 Å². The molecule has 2 rings (SSSR count). The van der Waals surface area contributed by atoms with Crippen LogP contribution in [0.3, 0.4) is 0 Å². The molecule has 2 aromatic rings. The van der Waals surface area contributed by atoms with Gasteiger partial charge in [0.05, 0.1) is 7.11 Å². The van der Waals surface area contributed by atoms with Crippen LogP contribution in [0.15, 0.2) is 40.9 Å². The molecule has 0 unspecified atom stereocenters. The molecular weight excluding hydrogens is 359 g/mol. The van der Waals surface area contributed by atoms with Crippen molar-refractivity contribution in [3.05, 3.63) is 62.8 Å². The van der Waals surface area contributed by atoms with Crippen LogP contribution in [-0.4, -0.2) is 12.9 Å². The van der Waals surface area contributed by atoms with Crippen molar-refractivity contribution in [3.63, 3.8) is 0 Å². The SMILES string of the molecule is COc1ccc(Br)cc1CC(=O)Cc1ccc(F)cc1Cl. The number of rotatable bonds is 5. The second kappa shape index (κ2) is 7.05. The number of hydrogen-bond acceptors (Lipinski definition) is 2. The molecule has 0 aliphatic rings. The minimum absolute atomic E-state index is 0.0140. The molecular formula is C16H13BrClFO2. The Morgan fingerprint density at radius 2 is 1.90 bits per heavy atom. The average molecular weight is 372 g/mol. The molecule has 0 saturated heterocycles. The van der Waals surface area contributed by atoms with Crippen molar-refractivity contribution in [2.75, 3.05) is 7.11 Å². The van der Waals surface area contributed by atoms with Crippen molar-refractivity contribution >= 4 is 33.3 Å². The lowest BCUT2D eigenvalue weighted by atomic mass is 10.0. The highest BCUT2D eigenvalue weighted by molar-refractivity contribution is 9.10. The molecule has 0 spiro atoms. The zero-order valence-electron chi connectivity index (χ0n) is 11.3. The largest absolute Gasteiger partial charge is 0.496 e. The number of ketones is 1. The van der Waals surface area contributed by atoms with Crippen LogP contribution < -0.4 is 4.74 Å². The molecule has 0 fully saturated rings. The van der Waals surface area contributed by atoms with E-state index in [4.69, 9.17) is 16.3 Å². The van der Waals surface area contributed by atoms with E-state index in [0.717, 1.165) is 10.0 Å². The molecule has 0 amide bonds. The third-order valence-corrected chi connectivity index (χ3v) is 3.88. The summed E-state index contributed by atoms with van der Waals surface area (Å²) in [6, 6.07) is 9.55. The fourth-order valence-electron chi connectivity index (χ4n) is 2.04. The molecule has 0 aliphatic carbocycles. The van der Waals surface area contributed by atoms with Gasteiger partial charge >= 0.3 is 0 Å². The number of Topliss-reactive ketones (excluding diaryl/α,β-unsaturated/α-hetero) is 1. The second-order valence-electron chi connectivity index (χ2n) is 4.58. The van der Waals surface area contributed by atoms with Gasteiger partial charge in [-0.3, -0.25) is 4.79 Å². The van der Waals surface area contributed by atoms with Gasteiger partial charge in [-0.1, -0.05) is 33.6 Å². The van der Waals surface area contributed by atoms with Gasteiger partial charge in [-0.25, -0.2) is 4.39 Å². The first kappa shape index (κ1) is 16.0. The fraction of sp³-hybridized carbons (Fsp3) is 0.188. The number of carbonyl (C=O) groups is 1. The van der Waals surface area contributed by atoms with Gasteiger partial charge in [0, 0.05) is 27.9 Å². The quantitative estimate of drug-likeness (QED) is 0.767. The molecule has 110 valence electrons. The van der Waals surface area contributed by atoms with Crippen LogP contribution in [0.5, 0.6) is 5.75 Å². The molecule has 0 atom stereocenters. The first-order valence-corrected chi connectivity index (χ1v) is 7.44. The van der Waals surface area contributed by atoms with Gasteiger partial charge < -0.3 is 4.74 Å². The van der Waals surface area contributed by atoms with Crippen LogP contribution in [0.4, 0.5) is 4.39 Å². The van der Waals surface area contributed by atoms with E-state index in [1.807, 2.05) is 12.1 Å². The van der Waals surface area contributed by atoms with Crippen LogP contribution in [-0.2, 0) is 17.6 Å². The van der Waals surface area contributed by atoms with Crippen molar-refractivity contribution < 1.29 is 13.9 Å². The van der Waals surface area contributed by atoms with Crippen LogP contribution >= 0.6 is 27.5 Å². The molecule has 0 heterocycles. The van der Waals surface area contributed by atoms with Crippen molar-refractivity contribution in [2.24, 2.45) is 0 Å². The summed E-state index contributed by atoms with van der Waals surface area (Å²) in [4.78, 5) is 12.2. The van der Waals surface area contributed by atoms with Gasteiger partial charge in [-0.15, -0.1) is 0 Å². The molecule has 0 N–H and O–H groups in total. The Bertz CT molecular complexity index is 673. The maximum atomic E-state index is 13.0. The van der Waals surface area contributed by atoms with Gasteiger partial charge in [-0.2, -0.15) is 0 Å². The number of methoxy groups -OCH3 is 1. The zero-order valence-corrected chi connectivity index (χ0v) is 13.7. The van der Waals surface area contributed by atoms with Gasteiger partial charge in [-0.05, 0) is 35.9 Å². The normalized spacial score (nSPS) is 10.5. The highest BCUT2D eigenvalue weighted by Gasteiger charge is 2.12. The average Bonchev–Trinajstić information content (AvgIpc) is 2.42. The summed E-state index contributed by atoms with van der Waals surface area (Å²) in [6.07, 6.45) is 0.394. The number of hydrogen-bond donors (Lipinski definition) is 0. The molecule has 0 radical (unpaired) electrons. The predicted molar refractivity (Wildman–Crippen MR) is 84.5 cm³/mol. The predicted octanol–water partition coefficient (Wildman–Crippen LogP) is 4.60. The smallest absolute Gasteiger partial charge is 0.141 e. The third-order valence-electron chi connectivity index (χ3n) is 3.03. The van der Waals surface area contributed by atoms with E-state index in [-0.39, 0.29) is 23.6 Å². The minimum atomic E-state index is -0.412. The summed E-state index contributed by atoms with van der Waals surface area (Å²) in [5, 5.41) is 0.268. The van der Waals surface area contributed by atoms with E-state index in [0.29, 0.717) is 11.3 Å². The highest BCUT2D eigenvalue weighted by Crippen LogP contribution is 2.24. The number of benzene rings is 2. The van der Waals surface area contributed by atoms with Gasteiger partial charge in [0.1, 0.15) is 17.3 Å². The van der Waals surface area contributed by atoms with Crippen LogP contribution in [0.1, 0.15) is 11.1 Å². The summed E-state index contributed by atoms with van der Waals surface area (Å²) >= 11 is 9.31. The molecule has 21 heavy (non-hydrogen) atoms. The van der Waals surface area contributed by atoms with Gasteiger partial charge in [0.2, 0.25) is 0 Å². The third kappa shape index (κ3) is 4.29. The van der Waals surface area contributed by atoms with Crippen molar-refractivity contribution in [2.45, 2.75) is 12.8 Å². The van der Waals surface area contributed by atoms with Gasteiger partial charge in [0.25, 0.3) is 0 Å². The van der Waals surface area contributed by atoms with Crippen molar-refractivity contribution in [1.29, 1.82) is 0 Å². The summed E-state index contributed by atoms with van der Waals surface area (Å²) in [7, 11) is 1.56. The van der Waals surface area contributed by atoms with E-state index < -0.39 is 5.82 Å². The first-order valence-electron chi connectivity index (χ1n) is 6.27. The lowest BCUT2D eigenvalue weighted by Crippen LogP contribution is -2.08. The summed E-state index contributed by atoms with van der Waals surface area (Å²) in [5.41, 5.74) is 1.42. The second-order valence-corrected chi connectivity index (χ2v) is 5.91. The van der Waals surface area contributed by atoms with E-state index in [1.54, 1.807) is 13.2 Å². The summed E-state index contributed by atoms with van der Waals surface area (Å²) in [5.74, 6) is 0.238. The Hall–Kier alpha value is -1.39. The first-order chi connectivity index (χ1) is 9.99. The lowest BCUT2D eigenvalue weighted by Gasteiger charge is -2.09. The van der Waals surface area contributed by atoms with Crippen LogP contribution in [0.25, 0.3) is 0 Å². The monoisotopic (exact) mass is 370 g/mol.